The molecule has 0 unspecified atom stereocenters. The van der Waals surface area contributed by atoms with Crippen molar-refractivity contribution >= 4 is 17.3 Å². The molecule has 0 spiro atoms. The zero-order valence-electron chi connectivity index (χ0n) is 5.00. The summed E-state index contributed by atoms with van der Waals surface area (Å²) in [6.07, 6.45) is 0. The van der Waals surface area contributed by atoms with Crippen molar-refractivity contribution < 1.29 is 10.2 Å². The molecule has 0 aromatic heterocycles. The van der Waals surface area contributed by atoms with E-state index in [1.807, 2.05) is 0 Å². The van der Waals surface area contributed by atoms with Crippen molar-refractivity contribution in [2.45, 2.75) is 0 Å². The van der Waals surface area contributed by atoms with Crippen LogP contribution in [-0.4, -0.2) is 10.2 Å². The molecule has 1 rings (SSSR count). The molecule has 0 fully saturated rings. The van der Waals surface area contributed by atoms with Gasteiger partial charge in [-0.25, -0.2) is 0 Å². The summed E-state index contributed by atoms with van der Waals surface area (Å²) in [5.41, 5.74) is 5.59. The molecule has 3 nitrogen and oxygen atoms in total. The highest BCUT2D eigenvalue weighted by atomic mass is 35.5. The van der Waals surface area contributed by atoms with Crippen molar-refractivity contribution in [1.29, 1.82) is 0 Å². The first-order valence-electron chi connectivity index (χ1n) is 2.58. The minimum atomic E-state index is -0.337. The van der Waals surface area contributed by atoms with Crippen LogP contribution in [-0.2, 0) is 0 Å². The van der Waals surface area contributed by atoms with Gasteiger partial charge in [-0.05, 0) is 6.07 Å². The second-order valence-corrected chi connectivity index (χ2v) is 2.28. The maximum absolute atomic E-state index is 8.89. The van der Waals surface area contributed by atoms with Crippen LogP contribution in [0.5, 0.6) is 11.5 Å². The smallest absolute Gasteiger partial charge is 0.176 e. The van der Waals surface area contributed by atoms with Gasteiger partial charge < -0.3 is 15.9 Å². The highest BCUT2D eigenvalue weighted by molar-refractivity contribution is 6.32. The fourth-order valence-electron chi connectivity index (χ4n) is 0.605. The Labute approximate surface area is 62.7 Å². The van der Waals surface area contributed by atoms with Crippen LogP contribution in [0.25, 0.3) is 0 Å². The Kier molecular flexibility index (Phi) is 1.59. The number of phenols is 2. The van der Waals surface area contributed by atoms with Gasteiger partial charge in [-0.15, -0.1) is 0 Å². The van der Waals surface area contributed by atoms with Gasteiger partial charge in [0, 0.05) is 11.8 Å². The van der Waals surface area contributed by atoms with Crippen molar-refractivity contribution in [2.75, 3.05) is 5.73 Å². The van der Waals surface area contributed by atoms with Crippen LogP contribution in [0.2, 0.25) is 5.02 Å². The third-order valence-corrected chi connectivity index (χ3v) is 1.35. The summed E-state index contributed by atoms with van der Waals surface area (Å²) in [4.78, 5) is 0. The highest BCUT2D eigenvalue weighted by Gasteiger charge is 2.04. The number of hydrogen-bond donors (Lipinski definition) is 3. The van der Waals surface area contributed by atoms with Crippen LogP contribution in [0.4, 0.5) is 5.69 Å². The molecule has 0 saturated carbocycles. The number of halogens is 1. The highest BCUT2D eigenvalue weighted by Crippen LogP contribution is 2.34. The van der Waals surface area contributed by atoms with E-state index in [1.54, 1.807) is 0 Å². The van der Waals surface area contributed by atoms with Crippen molar-refractivity contribution in [3.63, 3.8) is 0 Å². The number of aromatic hydroxyl groups is 2. The van der Waals surface area contributed by atoms with Gasteiger partial charge in [0.15, 0.2) is 11.5 Å². The predicted molar refractivity (Wildman–Crippen MR) is 39.2 cm³/mol. The van der Waals surface area contributed by atoms with Crippen molar-refractivity contribution in [2.24, 2.45) is 0 Å². The molecule has 54 valence electrons. The molecule has 0 saturated heterocycles. The lowest BCUT2D eigenvalue weighted by Gasteiger charge is -2.00. The van der Waals surface area contributed by atoms with Crippen LogP contribution in [0.1, 0.15) is 0 Å². The van der Waals surface area contributed by atoms with Gasteiger partial charge >= 0.3 is 0 Å². The molecule has 0 atom stereocenters. The van der Waals surface area contributed by atoms with Crippen LogP contribution >= 0.6 is 11.6 Å². The average molecular weight is 160 g/mol. The van der Waals surface area contributed by atoms with E-state index in [9.17, 15) is 0 Å². The Morgan fingerprint density at radius 2 is 1.90 bits per heavy atom. The Morgan fingerprint density at radius 3 is 2.40 bits per heavy atom. The molecule has 4 heteroatoms. The first kappa shape index (κ1) is 7.02. The predicted octanol–water partition coefficient (Wildman–Crippen LogP) is 1.33. The number of phenolic OH excluding ortho intramolecular Hbond substituents is 2. The van der Waals surface area contributed by atoms with E-state index in [0.717, 1.165) is 0 Å². The molecule has 4 N–H and O–H groups in total. The number of anilines is 1. The van der Waals surface area contributed by atoms with Gasteiger partial charge in [-0.3, -0.25) is 0 Å². The molecule has 1 aromatic carbocycles. The van der Waals surface area contributed by atoms with Gasteiger partial charge in [0.25, 0.3) is 0 Å². The fraction of sp³-hybridized carbons (Fsp3) is 0. The lowest BCUT2D eigenvalue weighted by molar-refractivity contribution is 0.404. The summed E-state index contributed by atoms with van der Waals surface area (Å²) in [6.45, 7) is 0. The lowest BCUT2D eigenvalue weighted by Crippen LogP contribution is -1.83. The van der Waals surface area contributed by atoms with Crippen molar-refractivity contribution in [3.8, 4) is 11.5 Å². The Balaban J connectivity index is 3.31. The molecule has 0 aliphatic heterocycles. The van der Waals surface area contributed by atoms with E-state index in [4.69, 9.17) is 27.5 Å². The standard InChI is InChI=1S/C6H6ClNO2/c7-4-1-3(8)2-5(9)6(4)10/h1-2,9-10H,8H2. The molecule has 0 radical (unpaired) electrons. The second kappa shape index (κ2) is 2.27. The first-order valence-corrected chi connectivity index (χ1v) is 2.96. The normalized spacial score (nSPS) is 9.70. The number of nitrogens with two attached hydrogens (primary N) is 1. The van der Waals surface area contributed by atoms with Crippen LogP contribution < -0.4 is 5.73 Å². The third-order valence-electron chi connectivity index (χ3n) is 1.07. The molecular formula is C6H6ClNO2. The first-order chi connectivity index (χ1) is 4.61. The van der Waals surface area contributed by atoms with Crippen LogP contribution in [0.15, 0.2) is 12.1 Å². The Bertz CT molecular complexity index is 239. The summed E-state index contributed by atoms with van der Waals surface area (Å²) < 4.78 is 0. The fourth-order valence-corrected chi connectivity index (χ4v) is 0.828. The summed E-state index contributed by atoms with van der Waals surface area (Å²) in [5, 5.41) is 17.8. The summed E-state index contributed by atoms with van der Waals surface area (Å²) >= 11 is 5.43. The van der Waals surface area contributed by atoms with Gasteiger partial charge in [0.1, 0.15) is 0 Å². The van der Waals surface area contributed by atoms with E-state index < -0.39 is 0 Å². The second-order valence-electron chi connectivity index (χ2n) is 1.87. The molecule has 0 aliphatic carbocycles. The van der Waals surface area contributed by atoms with Crippen molar-refractivity contribution in [3.05, 3.63) is 17.2 Å². The average Bonchev–Trinajstić information content (AvgIpc) is 1.82. The molecule has 0 heterocycles. The lowest BCUT2D eigenvalue weighted by atomic mass is 10.3. The number of benzene rings is 1. The van der Waals surface area contributed by atoms with Gasteiger partial charge in [0.05, 0.1) is 5.02 Å². The zero-order chi connectivity index (χ0) is 7.72. The zero-order valence-corrected chi connectivity index (χ0v) is 5.76. The molecular weight excluding hydrogens is 154 g/mol. The maximum atomic E-state index is 8.89. The number of nitrogen functional groups attached to an aromatic ring is 1. The van der Waals surface area contributed by atoms with Gasteiger partial charge in [0.2, 0.25) is 0 Å². The van der Waals surface area contributed by atoms with E-state index in [-0.39, 0.29) is 16.5 Å². The molecule has 0 bridgehead atoms. The third kappa shape index (κ3) is 1.09. The number of rotatable bonds is 0. The van der Waals surface area contributed by atoms with E-state index >= 15 is 0 Å². The SMILES string of the molecule is Nc1cc(O)c(O)c(Cl)c1. The number of hydrogen-bond acceptors (Lipinski definition) is 3. The Hall–Kier alpha value is -1.09. The molecule has 10 heavy (non-hydrogen) atoms. The largest absolute Gasteiger partial charge is 0.504 e. The molecule has 0 amide bonds. The van der Waals surface area contributed by atoms with E-state index in [2.05, 4.69) is 0 Å². The van der Waals surface area contributed by atoms with Crippen LogP contribution in [0.3, 0.4) is 0 Å². The quantitative estimate of drug-likeness (QED) is 0.304. The summed E-state index contributed by atoms with van der Waals surface area (Å²) in [7, 11) is 0. The summed E-state index contributed by atoms with van der Waals surface area (Å²) in [5.74, 6) is -0.638. The molecule has 0 aliphatic rings. The molecule has 1 aromatic rings. The topological polar surface area (TPSA) is 66.5 Å². The Morgan fingerprint density at radius 1 is 1.30 bits per heavy atom. The van der Waals surface area contributed by atoms with Crippen molar-refractivity contribution in [1.82, 2.24) is 0 Å². The minimum absolute atomic E-state index is 0.0532. The van der Waals surface area contributed by atoms with E-state index in [1.165, 1.54) is 12.1 Å². The summed E-state index contributed by atoms with van der Waals surface area (Å²) in [6, 6.07) is 2.58. The maximum Gasteiger partial charge on any atom is 0.176 e. The van der Waals surface area contributed by atoms with Gasteiger partial charge in [-0.2, -0.15) is 0 Å². The monoisotopic (exact) mass is 159 g/mol. The van der Waals surface area contributed by atoms with Crippen LogP contribution in [0, 0.1) is 0 Å². The van der Waals surface area contributed by atoms with E-state index in [0.29, 0.717) is 5.69 Å². The minimum Gasteiger partial charge on any atom is -0.504 e. The van der Waals surface area contributed by atoms with Gasteiger partial charge in [-0.1, -0.05) is 11.6 Å².